The number of rotatable bonds is 15. The van der Waals surface area contributed by atoms with Crippen LogP contribution in [0, 0.1) is 11.8 Å². The lowest BCUT2D eigenvalue weighted by Gasteiger charge is -2.03. The maximum Gasteiger partial charge on any atom is 0.0934 e. The van der Waals surface area contributed by atoms with Gasteiger partial charge in [0.1, 0.15) is 0 Å². The van der Waals surface area contributed by atoms with Crippen LogP contribution < -0.4 is 0 Å². The van der Waals surface area contributed by atoms with Crippen molar-refractivity contribution in [2.24, 2.45) is 0 Å². The molecule has 1 aromatic heterocycles. The van der Waals surface area contributed by atoms with Crippen LogP contribution in [-0.2, 0) is 6.42 Å². The van der Waals surface area contributed by atoms with Gasteiger partial charge in [-0.2, -0.15) is 0 Å². The van der Waals surface area contributed by atoms with E-state index in [0.29, 0.717) is 0 Å². The van der Waals surface area contributed by atoms with Crippen molar-refractivity contribution in [3.05, 3.63) is 70.8 Å². The van der Waals surface area contributed by atoms with E-state index in [0.717, 1.165) is 44.9 Å². The second-order valence-electron chi connectivity index (χ2n) is 8.77. The van der Waals surface area contributed by atoms with Gasteiger partial charge in [-0.05, 0) is 110 Å². The molecule has 1 aromatic rings. The van der Waals surface area contributed by atoms with Crippen molar-refractivity contribution in [2.45, 2.75) is 105 Å². The minimum absolute atomic E-state index is 1.02. The van der Waals surface area contributed by atoms with Crippen molar-refractivity contribution in [3.63, 3.8) is 0 Å². The number of unbranched alkanes of at least 4 members (excludes halogenated alkanes) is 1. The third-order valence-corrected chi connectivity index (χ3v) is 5.65. The van der Waals surface area contributed by atoms with Gasteiger partial charge in [0.05, 0.1) is 12.5 Å². The Morgan fingerprint density at radius 3 is 1.77 bits per heavy atom. The minimum atomic E-state index is 1.02. The monoisotopic (exact) mass is 420 g/mol. The summed E-state index contributed by atoms with van der Waals surface area (Å²) in [6.45, 7) is 11.0. The average Bonchev–Trinajstić information content (AvgIpc) is 3.25. The van der Waals surface area contributed by atoms with Crippen LogP contribution in [0.1, 0.15) is 104 Å². The molecule has 1 nitrogen and oxygen atoms in total. The molecule has 31 heavy (non-hydrogen) atoms. The normalized spacial score (nSPS) is 13.3. The van der Waals surface area contributed by atoms with Crippen molar-refractivity contribution in [2.75, 3.05) is 0 Å². The lowest BCUT2D eigenvalue weighted by Crippen LogP contribution is -1.84. The van der Waals surface area contributed by atoms with E-state index in [2.05, 4.69) is 69.9 Å². The Kier molecular flexibility index (Phi) is 15.1. The fourth-order valence-electron chi connectivity index (χ4n) is 3.55. The summed E-state index contributed by atoms with van der Waals surface area (Å²) in [5.41, 5.74) is 7.32. The molecule has 0 fully saturated rings. The molecule has 0 radical (unpaired) electrons. The Balaban J connectivity index is 2.17. The summed E-state index contributed by atoms with van der Waals surface area (Å²) in [6.07, 6.45) is 25.8. The lowest BCUT2D eigenvalue weighted by atomic mass is 10.0. The number of allylic oxidation sites excluding steroid dienone is 8. The summed E-state index contributed by atoms with van der Waals surface area (Å²) in [5, 5.41) is 0. The fourth-order valence-corrected chi connectivity index (χ4v) is 3.55. The highest BCUT2D eigenvalue weighted by Gasteiger charge is 1.96. The van der Waals surface area contributed by atoms with Crippen LogP contribution in [0.4, 0.5) is 0 Å². The number of hydrogen-bond acceptors (Lipinski definition) is 1. The molecule has 1 rings (SSSR count). The van der Waals surface area contributed by atoms with E-state index < -0.39 is 0 Å². The first-order valence-electron chi connectivity index (χ1n) is 12.0. The van der Waals surface area contributed by atoms with Crippen LogP contribution in [0.2, 0.25) is 0 Å². The highest BCUT2D eigenvalue weighted by atomic mass is 16.3. The Morgan fingerprint density at radius 2 is 1.29 bits per heavy atom. The third kappa shape index (κ3) is 15.3. The van der Waals surface area contributed by atoms with Gasteiger partial charge < -0.3 is 4.42 Å². The molecule has 0 spiro atoms. The van der Waals surface area contributed by atoms with E-state index in [1.54, 1.807) is 6.26 Å². The second kappa shape index (κ2) is 17.5. The zero-order valence-corrected chi connectivity index (χ0v) is 20.7. The number of furan rings is 1. The molecule has 0 aliphatic carbocycles. The Bertz CT molecular complexity index is 772. The van der Waals surface area contributed by atoms with Gasteiger partial charge in [0.2, 0.25) is 0 Å². The highest BCUT2D eigenvalue weighted by molar-refractivity contribution is 5.10. The zero-order valence-electron chi connectivity index (χ0n) is 20.7. The summed E-state index contributed by atoms with van der Waals surface area (Å²) in [6, 6.07) is 2.05. The van der Waals surface area contributed by atoms with Crippen LogP contribution >= 0.6 is 0 Å². The van der Waals surface area contributed by atoms with Crippen LogP contribution in [0.3, 0.4) is 0 Å². The highest BCUT2D eigenvalue weighted by Crippen LogP contribution is 2.15. The third-order valence-electron chi connectivity index (χ3n) is 5.65. The maximum atomic E-state index is 5.12. The van der Waals surface area contributed by atoms with Gasteiger partial charge >= 0.3 is 0 Å². The molecule has 0 N–H and O–H groups in total. The standard InChI is InChI=1S/C30H44O/c1-6-7-8-9-14-26(2)15-10-16-27(3)17-11-18-28(4)19-12-20-29(5)21-13-22-30-23-24-31-25-30/h15,17,19,21,23-25H,8-14,16,18,20,22H2,1-5H3. The molecule has 0 bridgehead atoms. The predicted molar refractivity (Wildman–Crippen MR) is 137 cm³/mol. The summed E-state index contributed by atoms with van der Waals surface area (Å²) in [4.78, 5) is 0. The number of hydrogen-bond donors (Lipinski definition) is 0. The van der Waals surface area contributed by atoms with Gasteiger partial charge in [-0.25, -0.2) is 0 Å². The second-order valence-corrected chi connectivity index (χ2v) is 8.77. The minimum Gasteiger partial charge on any atom is -0.472 e. The summed E-state index contributed by atoms with van der Waals surface area (Å²) in [5.74, 6) is 6.11. The van der Waals surface area contributed by atoms with Gasteiger partial charge in [-0.1, -0.05) is 46.6 Å². The van der Waals surface area contributed by atoms with Gasteiger partial charge in [-0.3, -0.25) is 0 Å². The SMILES string of the molecule is CC#CCCCC(C)=CCCC(C)=CCCC(C)=CCCC(C)=CCCc1ccoc1. The summed E-state index contributed by atoms with van der Waals surface area (Å²) in [7, 11) is 0. The molecule has 1 heteroatoms. The van der Waals surface area contributed by atoms with Crippen molar-refractivity contribution in [3.8, 4) is 11.8 Å². The summed E-state index contributed by atoms with van der Waals surface area (Å²) < 4.78 is 5.12. The molecule has 0 aromatic carbocycles. The molecule has 0 amide bonds. The van der Waals surface area contributed by atoms with Gasteiger partial charge in [0.25, 0.3) is 0 Å². The van der Waals surface area contributed by atoms with E-state index >= 15 is 0 Å². The molecule has 0 saturated heterocycles. The van der Waals surface area contributed by atoms with E-state index in [1.165, 1.54) is 53.5 Å². The predicted octanol–water partition coefficient (Wildman–Crippen LogP) is 9.53. The smallest absolute Gasteiger partial charge is 0.0934 e. The maximum absolute atomic E-state index is 5.12. The lowest BCUT2D eigenvalue weighted by molar-refractivity contribution is 0.564. The number of aryl methyl sites for hydroxylation is 1. The molecule has 0 aliphatic rings. The summed E-state index contributed by atoms with van der Waals surface area (Å²) >= 11 is 0. The first-order valence-corrected chi connectivity index (χ1v) is 12.0. The fraction of sp³-hybridized carbons (Fsp3) is 0.533. The van der Waals surface area contributed by atoms with E-state index in [9.17, 15) is 0 Å². The molecule has 0 unspecified atom stereocenters. The van der Waals surface area contributed by atoms with Crippen LogP contribution in [0.5, 0.6) is 0 Å². The van der Waals surface area contributed by atoms with E-state index in [-0.39, 0.29) is 0 Å². The quantitative estimate of drug-likeness (QED) is 0.156. The Morgan fingerprint density at radius 1 is 0.774 bits per heavy atom. The zero-order chi connectivity index (χ0) is 22.7. The largest absolute Gasteiger partial charge is 0.472 e. The molecule has 1 heterocycles. The van der Waals surface area contributed by atoms with Crippen molar-refractivity contribution in [1.82, 2.24) is 0 Å². The van der Waals surface area contributed by atoms with Crippen molar-refractivity contribution < 1.29 is 4.42 Å². The van der Waals surface area contributed by atoms with Crippen molar-refractivity contribution in [1.29, 1.82) is 0 Å². The molecular formula is C30H44O. The Hall–Kier alpha value is -2.20. The first kappa shape index (κ1) is 26.8. The molecule has 170 valence electrons. The van der Waals surface area contributed by atoms with Crippen LogP contribution in [0.15, 0.2) is 69.6 Å². The first-order chi connectivity index (χ1) is 15.0. The molecule has 0 aliphatic heterocycles. The van der Waals surface area contributed by atoms with Gasteiger partial charge in [-0.15, -0.1) is 11.8 Å². The topological polar surface area (TPSA) is 13.1 Å². The Labute approximate surface area is 192 Å². The van der Waals surface area contributed by atoms with Gasteiger partial charge in [0, 0.05) is 6.42 Å². The van der Waals surface area contributed by atoms with E-state index in [1.807, 2.05) is 13.2 Å². The van der Waals surface area contributed by atoms with E-state index in [4.69, 9.17) is 4.42 Å². The molecule has 0 atom stereocenters. The van der Waals surface area contributed by atoms with Crippen LogP contribution in [-0.4, -0.2) is 0 Å². The van der Waals surface area contributed by atoms with Gasteiger partial charge in [0.15, 0.2) is 0 Å². The molecule has 0 saturated carbocycles. The van der Waals surface area contributed by atoms with Crippen molar-refractivity contribution >= 4 is 0 Å². The average molecular weight is 421 g/mol. The molecular weight excluding hydrogens is 376 g/mol. The van der Waals surface area contributed by atoms with Crippen LogP contribution in [0.25, 0.3) is 0 Å².